The smallest absolute Gasteiger partial charge is 0.371 e. The molecule has 7 nitrogen and oxygen atoms in total. The lowest BCUT2D eigenvalue weighted by atomic mass is 10.1. The highest BCUT2D eigenvalue weighted by Gasteiger charge is 2.18. The molecule has 1 aromatic heterocycles. The summed E-state index contributed by atoms with van der Waals surface area (Å²) < 4.78 is 10.8. The van der Waals surface area contributed by atoms with Crippen molar-refractivity contribution in [1.29, 1.82) is 0 Å². The fraction of sp³-hybridized carbons (Fsp3) is 0.0556. The summed E-state index contributed by atoms with van der Waals surface area (Å²) in [6, 6.07) is 8.38. The number of amides is 1. The SMILES string of the molecule is COc1ccc(C(=O)Nc2cc(Br)cc3c(=O)cc(C(=O)O)oc23)c(Cl)c1. The molecule has 9 heteroatoms. The number of carboxylic acid groups (broad SMARTS) is 1. The Labute approximate surface area is 165 Å². The molecule has 3 rings (SSSR count). The van der Waals surface area contributed by atoms with Crippen LogP contribution < -0.4 is 15.5 Å². The van der Waals surface area contributed by atoms with Gasteiger partial charge < -0.3 is 19.6 Å². The lowest BCUT2D eigenvalue weighted by molar-refractivity contribution is 0.0663. The minimum absolute atomic E-state index is 0.0546. The quantitative estimate of drug-likeness (QED) is 0.615. The average molecular weight is 453 g/mol. The Balaban J connectivity index is 2.10. The molecule has 1 amide bonds. The topological polar surface area (TPSA) is 106 Å². The molecule has 0 saturated heterocycles. The molecule has 27 heavy (non-hydrogen) atoms. The summed E-state index contributed by atoms with van der Waals surface area (Å²) in [5, 5.41) is 12.0. The summed E-state index contributed by atoms with van der Waals surface area (Å²) in [5.74, 6) is -2.01. The molecule has 0 aliphatic rings. The van der Waals surface area contributed by atoms with E-state index in [1.807, 2.05) is 0 Å². The van der Waals surface area contributed by atoms with Crippen molar-refractivity contribution in [1.82, 2.24) is 0 Å². The molecule has 0 spiro atoms. The number of carbonyl (C=O) groups excluding carboxylic acids is 1. The van der Waals surface area contributed by atoms with Gasteiger partial charge in [0.2, 0.25) is 5.76 Å². The molecular formula is C18H11BrClNO6. The number of benzene rings is 2. The van der Waals surface area contributed by atoms with Crippen LogP contribution >= 0.6 is 27.5 Å². The van der Waals surface area contributed by atoms with Crippen LogP contribution in [0.4, 0.5) is 5.69 Å². The van der Waals surface area contributed by atoms with Crippen molar-refractivity contribution in [2.75, 3.05) is 12.4 Å². The largest absolute Gasteiger partial charge is 0.497 e. The van der Waals surface area contributed by atoms with Crippen LogP contribution in [-0.4, -0.2) is 24.1 Å². The first kappa shape index (κ1) is 18.9. The standard InChI is InChI=1S/C18H11BrClNO6/c1-26-9-2-3-10(12(20)6-9)17(23)21-13-5-8(19)4-11-14(22)7-15(18(24)25)27-16(11)13/h2-7H,1H3,(H,21,23)(H,24,25). The predicted molar refractivity (Wildman–Crippen MR) is 103 cm³/mol. The molecule has 2 N–H and O–H groups in total. The molecule has 0 unspecified atom stereocenters. The Hall–Kier alpha value is -2.84. The first-order chi connectivity index (χ1) is 12.8. The highest BCUT2D eigenvalue weighted by atomic mass is 79.9. The molecule has 0 bridgehead atoms. The molecule has 0 atom stereocenters. The molecule has 138 valence electrons. The fourth-order valence-electron chi connectivity index (χ4n) is 2.42. The second kappa shape index (κ2) is 7.42. The van der Waals surface area contributed by atoms with Crippen molar-refractivity contribution in [3.8, 4) is 5.75 Å². The van der Waals surface area contributed by atoms with E-state index in [1.54, 1.807) is 6.07 Å². The van der Waals surface area contributed by atoms with Gasteiger partial charge in [-0.1, -0.05) is 27.5 Å². The average Bonchev–Trinajstić information content (AvgIpc) is 2.61. The minimum Gasteiger partial charge on any atom is -0.497 e. The van der Waals surface area contributed by atoms with Crippen molar-refractivity contribution in [3.63, 3.8) is 0 Å². The number of fused-ring (bicyclic) bond motifs is 1. The van der Waals surface area contributed by atoms with Crippen molar-refractivity contribution in [3.05, 3.63) is 67.4 Å². The number of carboxylic acids is 1. The maximum Gasteiger partial charge on any atom is 0.371 e. The van der Waals surface area contributed by atoms with Crippen molar-refractivity contribution < 1.29 is 23.8 Å². The maximum absolute atomic E-state index is 12.6. The van der Waals surface area contributed by atoms with Crippen LogP contribution in [0.3, 0.4) is 0 Å². The maximum atomic E-state index is 12.6. The van der Waals surface area contributed by atoms with E-state index in [1.165, 1.54) is 31.4 Å². The number of rotatable bonds is 4. The van der Waals surface area contributed by atoms with Crippen LogP contribution in [0.15, 0.2) is 50.1 Å². The molecule has 0 aliphatic heterocycles. The summed E-state index contributed by atoms with van der Waals surface area (Å²) in [6.07, 6.45) is 0. The highest BCUT2D eigenvalue weighted by Crippen LogP contribution is 2.29. The van der Waals surface area contributed by atoms with E-state index in [0.29, 0.717) is 10.2 Å². The summed E-state index contributed by atoms with van der Waals surface area (Å²) in [5.41, 5.74) is -0.312. The van der Waals surface area contributed by atoms with Crippen molar-refractivity contribution >= 4 is 56.1 Å². The van der Waals surface area contributed by atoms with Gasteiger partial charge in [-0.2, -0.15) is 0 Å². The number of carbonyl (C=O) groups is 2. The third kappa shape index (κ3) is 3.81. The van der Waals surface area contributed by atoms with Gasteiger partial charge in [0.15, 0.2) is 11.0 Å². The number of hydrogen-bond donors (Lipinski definition) is 2. The number of hydrogen-bond acceptors (Lipinski definition) is 5. The summed E-state index contributed by atoms with van der Waals surface area (Å²) in [4.78, 5) is 36.0. The lowest BCUT2D eigenvalue weighted by Crippen LogP contribution is -2.14. The van der Waals surface area contributed by atoms with E-state index in [0.717, 1.165) is 6.07 Å². The van der Waals surface area contributed by atoms with Crippen LogP contribution in [0.2, 0.25) is 5.02 Å². The summed E-state index contributed by atoms with van der Waals surface area (Å²) in [7, 11) is 1.47. The number of ether oxygens (including phenoxy) is 1. The van der Waals surface area contributed by atoms with Gasteiger partial charge >= 0.3 is 5.97 Å². The third-order valence-corrected chi connectivity index (χ3v) is 4.44. The van der Waals surface area contributed by atoms with Crippen molar-refractivity contribution in [2.24, 2.45) is 0 Å². The number of methoxy groups -OCH3 is 1. The predicted octanol–water partition coefficient (Wildman–Crippen LogP) is 4.17. The molecule has 1 heterocycles. The van der Waals surface area contributed by atoms with Gasteiger partial charge in [0.1, 0.15) is 5.75 Å². The lowest BCUT2D eigenvalue weighted by Gasteiger charge is -2.11. The molecule has 3 aromatic rings. The van der Waals surface area contributed by atoms with E-state index in [4.69, 9.17) is 25.9 Å². The van der Waals surface area contributed by atoms with Crippen molar-refractivity contribution in [2.45, 2.75) is 0 Å². The van der Waals surface area contributed by atoms with E-state index in [9.17, 15) is 14.4 Å². The Bertz CT molecular complexity index is 1140. The zero-order valence-electron chi connectivity index (χ0n) is 13.7. The van der Waals surface area contributed by atoms with Gasteiger partial charge in [0.25, 0.3) is 5.91 Å². The second-order valence-corrected chi connectivity index (χ2v) is 6.73. The van der Waals surface area contributed by atoms with E-state index >= 15 is 0 Å². The first-order valence-corrected chi connectivity index (χ1v) is 8.63. The molecule has 0 saturated carbocycles. The minimum atomic E-state index is -1.40. The highest BCUT2D eigenvalue weighted by molar-refractivity contribution is 9.10. The Kier molecular flexibility index (Phi) is 5.20. The summed E-state index contributed by atoms with van der Waals surface area (Å²) >= 11 is 9.36. The summed E-state index contributed by atoms with van der Waals surface area (Å²) in [6.45, 7) is 0. The van der Waals surface area contributed by atoms with Gasteiger partial charge in [-0.05, 0) is 30.3 Å². The number of halogens is 2. The van der Waals surface area contributed by atoms with E-state index < -0.39 is 23.1 Å². The zero-order chi connectivity index (χ0) is 19.7. The van der Waals surface area contributed by atoms with Crippen LogP contribution in [0, 0.1) is 0 Å². The normalized spacial score (nSPS) is 10.6. The van der Waals surface area contributed by atoms with Crippen LogP contribution in [0.25, 0.3) is 11.0 Å². The number of aromatic carboxylic acids is 1. The second-order valence-electron chi connectivity index (χ2n) is 5.41. The molecule has 0 aliphatic carbocycles. The Morgan fingerprint density at radius 1 is 1.22 bits per heavy atom. The number of nitrogens with one attached hydrogen (secondary N) is 1. The molecular weight excluding hydrogens is 442 g/mol. The fourth-order valence-corrected chi connectivity index (χ4v) is 3.13. The number of anilines is 1. The first-order valence-electron chi connectivity index (χ1n) is 7.45. The van der Waals surface area contributed by atoms with Gasteiger partial charge in [-0.25, -0.2) is 4.79 Å². The van der Waals surface area contributed by atoms with Crippen LogP contribution in [0.5, 0.6) is 5.75 Å². The third-order valence-electron chi connectivity index (χ3n) is 3.67. The van der Waals surface area contributed by atoms with Crippen LogP contribution in [0.1, 0.15) is 20.9 Å². The Morgan fingerprint density at radius 3 is 2.59 bits per heavy atom. The van der Waals surface area contributed by atoms with Gasteiger partial charge in [0.05, 0.1) is 28.8 Å². The monoisotopic (exact) mass is 451 g/mol. The van der Waals surface area contributed by atoms with E-state index in [2.05, 4.69) is 21.2 Å². The molecule has 2 aromatic carbocycles. The Morgan fingerprint density at radius 2 is 1.96 bits per heavy atom. The van der Waals surface area contributed by atoms with Gasteiger partial charge in [-0.15, -0.1) is 0 Å². The van der Waals surface area contributed by atoms with Gasteiger partial charge in [-0.3, -0.25) is 9.59 Å². The van der Waals surface area contributed by atoms with E-state index in [-0.39, 0.29) is 27.2 Å². The zero-order valence-corrected chi connectivity index (χ0v) is 16.1. The van der Waals surface area contributed by atoms with Crippen LogP contribution in [-0.2, 0) is 0 Å². The molecule has 0 radical (unpaired) electrons. The van der Waals surface area contributed by atoms with Gasteiger partial charge in [0, 0.05) is 10.5 Å². The molecule has 0 fully saturated rings.